The highest BCUT2D eigenvalue weighted by atomic mass is 16.5. The van der Waals surface area contributed by atoms with Crippen molar-refractivity contribution in [2.24, 2.45) is 0 Å². The Hall–Kier alpha value is -2.82. The number of methoxy groups -OCH3 is 2. The molecule has 0 aromatic heterocycles. The molecule has 1 saturated heterocycles. The zero-order valence-corrected chi connectivity index (χ0v) is 16.7. The number of Topliss-reactive ketones (excluding diaryl/α,β-unsaturated/α-hetero) is 1. The van der Waals surface area contributed by atoms with Gasteiger partial charge in [-0.25, -0.2) is 0 Å². The molecule has 1 aliphatic heterocycles. The van der Waals surface area contributed by atoms with Gasteiger partial charge in [-0.2, -0.15) is 0 Å². The van der Waals surface area contributed by atoms with Gasteiger partial charge in [-0.3, -0.25) is 9.59 Å². The number of hydrogen-bond donors (Lipinski definition) is 0. The maximum atomic E-state index is 12.8. The molecule has 1 heterocycles. The summed E-state index contributed by atoms with van der Waals surface area (Å²) in [7, 11) is 3.24. The Labute approximate surface area is 166 Å². The van der Waals surface area contributed by atoms with Crippen molar-refractivity contribution in [3.8, 4) is 11.5 Å². The van der Waals surface area contributed by atoms with Gasteiger partial charge in [0.25, 0.3) is 0 Å². The van der Waals surface area contributed by atoms with Gasteiger partial charge in [-0.05, 0) is 31.9 Å². The number of hydrogen-bond acceptors (Lipinski definition) is 4. The molecular formula is C23H27NO4. The Balaban J connectivity index is 1.68. The molecular weight excluding hydrogens is 354 g/mol. The standard InChI is InChI=1S/C23H27NO4/c1-16-6-8-17(9-7-16)21(25)12-13-23(26)24-14-4-5-20(24)19-11-10-18(27-2)15-22(19)28-3/h6-11,15,20H,4-5,12-14H2,1-3H3. The molecule has 0 spiro atoms. The molecule has 1 atom stereocenters. The number of amides is 1. The maximum Gasteiger partial charge on any atom is 0.223 e. The van der Waals surface area contributed by atoms with Gasteiger partial charge >= 0.3 is 0 Å². The summed E-state index contributed by atoms with van der Waals surface area (Å²) >= 11 is 0. The number of carbonyl (C=O) groups is 2. The summed E-state index contributed by atoms with van der Waals surface area (Å²) in [6, 6.07) is 13.2. The molecule has 28 heavy (non-hydrogen) atoms. The van der Waals surface area contributed by atoms with Crippen LogP contribution in [-0.4, -0.2) is 37.4 Å². The van der Waals surface area contributed by atoms with Crippen LogP contribution in [-0.2, 0) is 4.79 Å². The number of nitrogens with zero attached hydrogens (tertiary/aromatic N) is 1. The summed E-state index contributed by atoms with van der Waals surface area (Å²) < 4.78 is 10.8. The first kappa shape index (κ1) is 19.9. The van der Waals surface area contributed by atoms with Gasteiger partial charge in [0, 0.05) is 36.6 Å². The zero-order chi connectivity index (χ0) is 20.1. The minimum atomic E-state index is -0.0252. The summed E-state index contributed by atoms with van der Waals surface area (Å²) in [6.45, 7) is 2.69. The molecule has 0 N–H and O–H groups in total. The lowest BCUT2D eigenvalue weighted by Crippen LogP contribution is -2.31. The van der Waals surface area contributed by atoms with Crippen LogP contribution in [0.1, 0.15) is 53.2 Å². The zero-order valence-electron chi connectivity index (χ0n) is 16.7. The molecule has 1 unspecified atom stereocenters. The fraction of sp³-hybridized carbons (Fsp3) is 0.391. The van der Waals surface area contributed by atoms with Crippen LogP contribution in [0.5, 0.6) is 11.5 Å². The smallest absolute Gasteiger partial charge is 0.223 e. The molecule has 0 saturated carbocycles. The fourth-order valence-corrected chi connectivity index (χ4v) is 3.73. The van der Waals surface area contributed by atoms with Crippen LogP contribution < -0.4 is 9.47 Å². The van der Waals surface area contributed by atoms with Crippen molar-refractivity contribution >= 4 is 11.7 Å². The largest absolute Gasteiger partial charge is 0.497 e. The number of carbonyl (C=O) groups excluding carboxylic acids is 2. The maximum absolute atomic E-state index is 12.8. The molecule has 1 amide bonds. The van der Waals surface area contributed by atoms with Gasteiger partial charge < -0.3 is 14.4 Å². The topological polar surface area (TPSA) is 55.8 Å². The SMILES string of the molecule is COc1ccc(C2CCCN2C(=O)CCC(=O)c2ccc(C)cc2)c(OC)c1. The second kappa shape index (κ2) is 8.91. The Morgan fingerprint density at radius 3 is 2.46 bits per heavy atom. The Morgan fingerprint density at radius 2 is 1.79 bits per heavy atom. The van der Waals surface area contributed by atoms with Crippen molar-refractivity contribution in [1.29, 1.82) is 0 Å². The van der Waals surface area contributed by atoms with Crippen LogP contribution in [0.4, 0.5) is 0 Å². The number of likely N-dealkylation sites (tertiary alicyclic amines) is 1. The molecule has 2 aromatic rings. The van der Waals surface area contributed by atoms with Crippen molar-refractivity contribution in [1.82, 2.24) is 4.90 Å². The van der Waals surface area contributed by atoms with E-state index >= 15 is 0 Å². The third-order valence-corrected chi connectivity index (χ3v) is 5.31. The number of benzene rings is 2. The summed E-state index contributed by atoms with van der Waals surface area (Å²) in [5, 5.41) is 0. The van der Waals surface area contributed by atoms with Crippen LogP contribution in [0.3, 0.4) is 0 Å². The minimum absolute atomic E-state index is 0.00567. The number of ketones is 1. The molecule has 5 nitrogen and oxygen atoms in total. The average molecular weight is 381 g/mol. The molecule has 0 bridgehead atoms. The molecule has 148 valence electrons. The van der Waals surface area contributed by atoms with E-state index in [0.717, 1.165) is 35.5 Å². The molecule has 5 heteroatoms. The van der Waals surface area contributed by atoms with E-state index in [2.05, 4.69) is 0 Å². The van der Waals surface area contributed by atoms with Gasteiger partial charge in [0.2, 0.25) is 5.91 Å². The number of rotatable bonds is 7. The second-order valence-electron chi connectivity index (χ2n) is 7.14. The van der Waals surface area contributed by atoms with Crippen LogP contribution in [0.25, 0.3) is 0 Å². The Morgan fingerprint density at radius 1 is 1.04 bits per heavy atom. The monoisotopic (exact) mass is 381 g/mol. The lowest BCUT2D eigenvalue weighted by Gasteiger charge is -2.26. The van der Waals surface area contributed by atoms with E-state index in [1.807, 2.05) is 54.3 Å². The van der Waals surface area contributed by atoms with Crippen molar-refractivity contribution in [3.05, 3.63) is 59.2 Å². The van der Waals surface area contributed by atoms with Crippen LogP contribution >= 0.6 is 0 Å². The second-order valence-corrected chi connectivity index (χ2v) is 7.14. The fourth-order valence-electron chi connectivity index (χ4n) is 3.73. The highest BCUT2D eigenvalue weighted by Gasteiger charge is 2.32. The first-order chi connectivity index (χ1) is 13.5. The van der Waals surface area contributed by atoms with Crippen LogP contribution in [0, 0.1) is 6.92 Å². The van der Waals surface area contributed by atoms with Gasteiger partial charge in [-0.1, -0.05) is 29.8 Å². The first-order valence-electron chi connectivity index (χ1n) is 9.64. The first-order valence-corrected chi connectivity index (χ1v) is 9.64. The van der Waals surface area contributed by atoms with Crippen molar-refractivity contribution in [2.45, 2.75) is 38.6 Å². The van der Waals surface area contributed by atoms with E-state index in [9.17, 15) is 9.59 Å². The van der Waals surface area contributed by atoms with Gasteiger partial charge in [0.1, 0.15) is 11.5 Å². The van der Waals surface area contributed by atoms with Crippen LogP contribution in [0.2, 0.25) is 0 Å². The molecule has 1 aliphatic rings. The van der Waals surface area contributed by atoms with Crippen molar-refractivity contribution in [3.63, 3.8) is 0 Å². The van der Waals surface area contributed by atoms with Gasteiger partial charge in [-0.15, -0.1) is 0 Å². The summed E-state index contributed by atoms with van der Waals surface area (Å²) in [6.07, 6.45) is 2.28. The number of ether oxygens (including phenoxy) is 2. The van der Waals surface area contributed by atoms with Crippen molar-refractivity contribution < 1.29 is 19.1 Å². The van der Waals surface area contributed by atoms with E-state index in [1.54, 1.807) is 14.2 Å². The molecule has 0 radical (unpaired) electrons. The predicted molar refractivity (Wildman–Crippen MR) is 108 cm³/mol. The van der Waals surface area contributed by atoms with Crippen LogP contribution in [0.15, 0.2) is 42.5 Å². The third-order valence-electron chi connectivity index (χ3n) is 5.31. The van der Waals surface area contributed by atoms with Crippen molar-refractivity contribution in [2.75, 3.05) is 20.8 Å². The quantitative estimate of drug-likeness (QED) is 0.670. The summed E-state index contributed by atoms with van der Waals surface area (Å²) in [4.78, 5) is 27.1. The molecule has 2 aromatic carbocycles. The molecule has 3 rings (SSSR count). The molecule has 1 fully saturated rings. The van der Waals surface area contributed by atoms with Gasteiger partial charge in [0.05, 0.1) is 20.3 Å². The number of aryl methyl sites for hydroxylation is 1. The van der Waals surface area contributed by atoms with E-state index in [0.29, 0.717) is 12.1 Å². The van der Waals surface area contributed by atoms with E-state index in [1.165, 1.54) is 0 Å². The highest BCUT2D eigenvalue weighted by Crippen LogP contribution is 2.39. The van der Waals surface area contributed by atoms with Gasteiger partial charge in [0.15, 0.2) is 5.78 Å². The Bertz CT molecular complexity index is 844. The minimum Gasteiger partial charge on any atom is -0.497 e. The average Bonchev–Trinajstić information content (AvgIpc) is 3.21. The highest BCUT2D eigenvalue weighted by molar-refractivity contribution is 5.98. The lowest BCUT2D eigenvalue weighted by molar-refractivity contribution is -0.132. The molecule has 0 aliphatic carbocycles. The lowest BCUT2D eigenvalue weighted by atomic mass is 10.0. The predicted octanol–water partition coefficient (Wildman–Crippen LogP) is 4.34. The summed E-state index contributed by atoms with van der Waals surface area (Å²) in [5.74, 6) is 1.46. The van der Waals surface area contributed by atoms with E-state index < -0.39 is 0 Å². The van der Waals surface area contributed by atoms with E-state index in [-0.39, 0.29) is 30.6 Å². The summed E-state index contributed by atoms with van der Waals surface area (Å²) in [5.41, 5.74) is 2.76. The Kier molecular flexibility index (Phi) is 6.34. The van der Waals surface area contributed by atoms with E-state index in [4.69, 9.17) is 9.47 Å². The normalized spacial score (nSPS) is 16.1. The third kappa shape index (κ3) is 4.35.